The molecule has 0 atom stereocenters. The number of likely N-dealkylation sites (N-methyl/N-ethyl adjacent to an activating group) is 1. The molecule has 0 N–H and O–H groups in total. The van der Waals surface area contributed by atoms with Gasteiger partial charge in [0.15, 0.2) is 0 Å². The highest BCUT2D eigenvalue weighted by Crippen LogP contribution is 2.34. The van der Waals surface area contributed by atoms with Crippen LogP contribution < -0.4 is 0 Å². The van der Waals surface area contributed by atoms with E-state index < -0.39 is 0 Å². The van der Waals surface area contributed by atoms with Crippen molar-refractivity contribution in [2.24, 2.45) is 5.41 Å². The summed E-state index contributed by atoms with van der Waals surface area (Å²) in [5.41, 5.74) is 3.04. The Balaban J connectivity index is 0. The molecule has 1 fully saturated rings. The highest BCUT2D eigenvalue weighted by Gasteiger charge is 2.29. The second-order valence-corrected chi connectivity index (χ2v) is 7.82. The molecule has 0 spiro atoms. The van der Waals surface area contributed by atoms with Crippen LogP contribution in [0.1, 0.15) is 47.0 Å². The summed E-state index contributed by atoms with van der Waals surface area (Å²) in [6.45, 7) is 29.0. The van der Waals surface area contributed by atoms with Gasteiger partial charge in [-0.3, -0.25) is 9.69 Å². The van der Waals surface area contributed by atoms with Gasteiger partial charge >= 0.3 is 0 Å². The summed E-state index contributed by atoms with van der Waals surface area (Å²) in [5.74, 6) is -0.0791. The zero-order chi connectivity index (χ0) is 24.6. The average Bonchev–Trinajstić information content (AvgIpc) is 2.77. The van der Waals surface area contributed by atoms with E-state index in [-0.39, 0.29) is 11.3 Å². The van der Waals surface area contributed by atoms with Gasteiger partial charge in [0.05, 0.1) is 6.07 Å². The fourth-order valence-electron chi connectivity index (χ4n) is 3.12. The molecule has 0 aromatic heterocycles. The topological polar surface area (TPSA) is 47.3 Å². The van der Waals surface area contributed by atoms with E-state index >= 15 is 0 Å². The number of hydrogen-bond donors (Lipinski definition) is 0. The van der Waals surface area contributed by atoms with Gasteiger partial charge in [-0.15, -0.1) is 13.2 Å². The van der Waals surface area contributed by atoms with E-state index in [0.717, 1.165) is 38.0 Å². The SMILES string of the molecule is C=C.C=C(/C=C\C(=C)C(=C)/C(=C\C)C(=O)N(C)C)CN1CCC(C)(CC#N)CC1.CC. The Labute approximate surface area is 191 Å². The minimum absolute atomic E-state index is 0.0791. The molecule has 0 aromatic carbocycles. The van der Waals surface area contributed by atoms with Crippen LogP contribution in [0.4, 0.5) is 0 Å². The normalized spacial score (nSPS) is 15.5. The van der Waals surface area contributed by atoms with Crippen LogP contribution in [0.2, 0.25) is 0 Å². The van der Waals surface area contributed by atoms with E-state index in [1.807, 2.05) is 32.9 Å². The molecule has 31 heavy (non-hydrogen) atoms. The number of carbonyl (C=O) groups is 1. The second-order valence-electron chi connectivity index (χ2n) is 7.82. The summed E-state index contributed by atoms with van der Waals surface area (Å²) < 4.78 is 0. The fraction of sp³-hybridized carbons (Fsp3) is 0.481. The molecule has 172 valence electrons. The van der Waals surface area contributed by atoms with Crippen LogP contribution >= 0.6 is 0 Å². The Morgan fingerprint density at radius 2 is 1.65 bits per heavy atom. The number of hydrogen-bond acceptors (Lipinski definition) is 3. The monoisotopic (exact) mass is 425 g/mol. The van der Waals surface area contributed by atoms with Crippen molar-refractivity contribution >= 4 is 5.91 Å². The standard InChI is InChI=1S/C23H33N3O.C2H6.C2H4/c1-8-21(22(27)25(6)7)20(4)19(3)10-9-18(2)17-26-15-12-23(5,11-14-24)13-16-26;2*1-2/h8-10H,2-4,11-13,15-17H2,1,5-7H3;1-2H3;1-2H2/b10-9-,21-8+;;. The first-order chi connectivity index (χ1) is 14.6. The van der Waals surface area contributed by atoms with Crippen LogP contribution in [0.3, 0.4) is 0 Å². The van der Waals surface area contributed by atoms with E-state index in [4.69, 9.17) is 5.26 Å². The highest BCUT2D eigenvalue weighted by molar-refractivity contribution is 5.98. The van der Waals surface area contributed by atoms with Crippen LogP contribution in [0, 0.1) is 16.7 Å². The smallest absolute Gasteiger partial charge is 0.253 e. The Kier molecular flexibility index (Phi) is 15.9. The number of amides is 1. The predicted molar refractivity (Wildman–Crippen MR) is 136 cm³/mol. The van der Waals surface area contributed by atoms with E-state index in [9.17, 15) is 4.79 Å². The van der Waals surface area contributed by atoms with E-state index in [1.54, 1.807) is 20.2 Å². The lowest BCUT2D eigenvalue weighted by molar-refractivity contribution is -0.124. The molecule has 0 bridgehead atoms. The van der Waals surface area contributed by atoms with Gasteiger partial charge in [0, 0.05) is 32.6 Å². The molecular formula is C27H43N3O. The molecule has 1 aliphatic heterocycles. The molecule has 0 radical (unpaired) electrons. The van der Waals surface area contributed by atoms with Crippen molar-refractivity contribution in [2.75, 3.05) is 33.7 Å². The largest absolute Gasteiger partial charge is 0.345 e. The van der Waals surface area contributed by atoms with Gasteiger partial charge < -0.3 is 4.90 Å². The van der Waals surface area contributed by atoms with Gasteiger partial charge in [0.2, 0.25) is 0 Å². The number of rotatable bonds is 8. The van der Waals surface area contributed by atoms with Gasteiger partial charge in [-0.25, -0.2) is 0 Å². The van der Waals surface area contributed by atoms with Crippen LogP contribution in [0.15, 0.2) is 73.4 Å². The first kappa shape index (κ1) is 30.6. The van der Waals surface area contributed by atoms with E-state index in [1.165, 1.54) is 4.90 Å². The lowest BCUT2D eigenvalue weighted by Crippen LogP contribution is -2.39. The number of likely N-dealkylation sites (tertiary alicyclic amines) is 1. The minimum Gasteiger partial charge on any atom is -0.345 e. The van der Waals surface area contributed by atoms with E-state index in [2.05, 4.69) is 50.8 Å². The number of carbonyl (C=O) groups excluding carboxylic acids is 1. The highest BCUT2D eigenvalue weighted by atomic mass is 16.2. The first-order valence-electron chi connectivity index (χ1n) is 10.8. The zero-order valence-corrected chi connectivity index (χ0v) is 20.8. The third kappa shape index (κ3) is 10.8. The maximum Gasteiger partial charge on any atom is 0.253 e. The van der Waals surface area contributed by atoms with Crippen molar-refractivity contribution in [1.82, 2.24) is 9.80 Å². The molecule has 1 heterocycles. The Morgan fingerprint density at radius 3 is 2.06 bits per heavy atom. The molecule has 4 heteroatoms. The lowest BCUT2D eigenvalue weighted by Gasteiger charge is -2.38. The molecule has 1 aliphatic rings. The molecule has 4 nitrogen and oxygen atoms in total. The summed E-state index contributed by atoms with van der Waals surface area (Å²) >= 11 is 0. The summed E-state index contributed by atoms with van der Waals surface area (Å²) in [6, 6.07) is 2.31. The van der Waals surface area contributed by atoms with Gasteiger partial charge in [0.1, 0.15) is 0 Å². The molecule has 1 saturated heterocycles. The van der Waals surface area contributed by atoms with Crippen LogP contribution in [0.5, 0.6) is 0 Å². The molecular weight excluding hydrogens is 382 g/mol. The predicted octanol–water partition coefficient (Wildman–Crippen LogP) is 6.09. The average molecular weight is 426 g/mol. The summed E-state index contributed by atoms with van der Waals surface area (Å²) in [6.07, 6.45) is 8.30. The third-order valence-electron chi connectivity index (χ3n) is 5.15. The van der Waals surface area contributed by atoms with Crippen molar-refractivity contribution in [3.05, 3.63) is 73.4 Å². The maximum absolute atomic E-state index is 12.2. The van der Waals surface area contributed by atoms with Gasteiger partial charge in [-0.1, -0.05) is 58.7 Å². The molecule has 0 unspecified atom stereocenters. The summed E-state index contributed by atoms with van der Waals surface area (Å²) in [4.78, 5) is 16.1. The summed E-state index contributed by atoms with van der Waals surface area (Å²) in [7, 11) is 3.44. The Morgan fingerprint density at radius 1 is 1.13 bits per heavy atom. The van der Waals surface area contributed by atoms with Gasteiger partial charge in [0.25, 0.3) is 5.91 Å². The number of allylic oxidation sites excluding steroid dienone is 3. The van der Waals surface area contributed by atoms with Crippen molar-refractivity contribution < 1.29 is 4.79 Å². The van der Waals surface area contributed by atoms with Crippen molar-refractivity contribution in [3.63, 3.8) is 0 Å². The molecule has 0 aliphatic carbocycles. The second kappa shape index (κ2) is 16.1. The van der Waals surface area contributed by atoms with Gasteiger partial charge in [-0.05, 0) is 55.0 Å². The number of nitriles is 1. The molecule has 0 saturated carbocycles. The lowest BCUT2D eigenvalue weighted by atomic mass is 9.78. The zero-order valence-electron chi connectivity index (χ0n) is 20.8. The van der Waals surface area contributed by atoms with Crippen molar-refractivity contribution in [3.8, 4) is 6.07 Å². The van der Waals surface area contributed by atoms with Crippen LogP contribution in [-0.4, -0.2) is 49.4 Å². The third-order valence-corrected chi connectivity index (χ3v) is 5.15. The molecule has 1 rings (SSSR count). The molecule has 1 amide bonds. The molecule has 0 aromatic rings. The van der Waals surface area contributed by atoms with Crippen LogP contribution in [0.25, 0.3) is 0 Å². The van der Waals surface area contributed by atoms with E-state index in [0.29, 0.717) is 23.1 Å². The number of piperidine rings is 1. The van der Waals surface area contributed by atoms with Crippen molar-refractivity contribution in [1.29, 1.82) is 5.26 Å². The quantitative estimate of drug-likeness (QED) is 0.268. The summed E-state index contributed by atoms with van der Waals surface area (Å²) in [5, 5.41) is 8.95. The Hall–Kier alpha value is -2.64. The number of nitrogens with zero attached hydrogens (tertiary/aromatic N) is 3. The van der Waals surface area contributed by atoms with Gasteiger partial charge in [-0.2, -0.15) is 5.26 Å². The first-order valence-corrected chi connectivity index (χ1v) is 10.8. The Bertz CT molecular complexity index is 711. The fourth-order valence-corrected chi connectivity index (χ4v) is 3.12. The van der Waals surface area contributed by atoms with Crippen molar-refractivity contribution in [2.45, 2.75) is 47.0 Å². The van der Waals surface area contributed by atoms with Crippen LogP contribution in [-0.2, 0) is 4.79 Å². The maximum atomic E-state index is 12.2. The minimum atomic E-state index is -0.0791.